The molecule has 118 valence electrons. The molecule has 1 aromatic heterocycles. The molecule has 0 aromatic carbocycles. The van der Waals surface area contributed by atoms with Crippen molar-refractivity contribution in [2.45, 2.75) is 36.3 Å². The first-order chi connectivity index (χ1) is 9.77. The monoisotopic (exact) mass is 385 g/mol. The van der Waals surface area contributed by atoms with Crippen molar-refractivity contribution in [1.29, 1.82) is 0 Å². The van der Waals surface area contributed by atoms with Crippen molar-refractivity contribution in [2.24, 2.45) is 5.50 Å². The summed E-state index contributed by atoms with van der Waals surface area (Å²) in [5.41, 5.74) is 2.38. The molecule has 9 nitrogen and oxygen atoms in total. The van der Waals surface area contributed by atoms with Crippen molar-refractivity contribution >= 4 is 24.5 Å². The van der Waals surface area contributed by atoms with Gasteiger partial charge < -0.3 is 0 Å². The van der Waals surface area contributed by atoms with Crippen LogP contribution in [0.15, 0.2) is 21.9 Å². The minimum atomic E-state index is -2.20. The van der Waals surface area contributed by atoms with E-state index < -0.39 is 43.8 Å². The number of aliphatic hydroxyl groups is 1. The molecule has 1 saturated heterocycles. The molecule has 0 aliphatic carbocycles. The van der Waals surface area contributed by atoms with Crippen LogP contribution in [0.1, 0.15) is 13.2 Å². The molecule has 5 atom stereocenters. The van der Waals surface area contributed by atoms with Crippen LogP contribution >= 0.6 is 8.53 Å². The summed E-state index contributed by atoms with van der Waals surface area (Å²) in [5.74, 6) is 0. The van der Waals surface area contributed by atoms with Gasteiger partial charge in [-0.15, -0.1) is 0 Å². The number of aromatic nitrogens is 2. The van der Waals surface area contributed by atoms with Gasteiger partial charge >= 0.3 is 128 Å². The van der Waals surface area contributed by atoms with Gasteiger partial charge in [0.25, 0.3) is 0 Å². The molecule has 1 unspecified atom stereocenters. The summed E-state index contributed by atoms with van der Waals surface area (Å²) in [6.45, 7) is 1.42. The van der Waals surface area contributed by atoms with E-state index in [0.29, 0.717) is 5.32 Å². The number of hydrogen-bond acceptors (Lipinski definition) is 7. The summed E-state index contributed by atoms with van der Waals surface area (Å²) >= 11 is 2.28. The van der Waals surface area contributed by atoms with Crippen LogP contribution in [0.5, 0.6) is 0 Å². The number of H-pyrrole nitrogens is 1. The topological polar surface area (TPSA) is 140 Å². The van der Waals surface area contributed by atoms with E-state index in [1.165, 1.54) is 13.1 Å². The van der Waals surface area contributed by atoms with Crippen molar-refractivity contribution < 1.29 is 19.3 Å². The number of nitrogens with zero attached hydrogens (tertiary/aromatic N) is 1. The number of nitrogens with two attached hydrogens (primary N) is 1. The third-order valence-corrected chi connectivity index (χ3v) is 4.42. The van der Waals surface area contributed by atoms with Crippen molar-refractivity contribution in [3.05, 3.63) is 33.1 Å². The van der Waals surface area contributed by atoms with Crippen molar-refractivity contribution in [1.82, 2.24) is 9.55 Å². The molecular weight excluding hydrogens is 368 g/mol. The maximum absolute atomic E-state index is 11.8. The SMILES string of the molecule is C[C@@]1(O)[C@H](OP(N)O)[C@@H](C[SeH])O[C@H]1n1ccc(=O)[nH]c1=O. The van der Waals surface area contributed by atoms with Gasteiger partial charge in [0.1, 0.15) is 0 Å². The quantitative estimate of drug-likeness (QED) is 0.350. The molecule has 2 heterocycles. The first-order valence-electron chi connectivity index (χ1n) is 5.98. The van der Waals surface area contributed by atoms with Gasteiger partial charge in [0.15, 0.2) is 0 Å². The van der Waals surface area contributed by atoms with Gasteiger partial charge in [-0.2, -0.15) is 0 Å². The predicted octanol–water partition coefficient (Wildman–Crippen LogP) is -1.93. The van der Waals surface area contributed by atoms with Crippen LogP contribution in [0, 0.1) is 0 Å². The minimum absolute atomic E-state index is 0.422. The molecule has 2 rings (SSSR count). The molecule has 0 spiro atoms. The number of nitrogens with one attached hydrogen (secondary N) is 1. The fourth-order valence-corrected chi connectivity index (χ4v) is 3.44. The fraction of sp³-hybridized carbons (Fsp3) is 0.600. The van der Waals surface area contributed by atoms with Crippen LogP contribution in [0.4, 0.5) is 0 Å². The van der Waals surface area contributed by atoms with Crippen molar-refractivity contribution in [3.63, 3.8) is 0 Å². The van der Waals surface area contributed by atoms with E-state index in [2.05, 4.69) is 21.0 Å². The normalized spacial score (nSPS) is 34.0. The molecule has 0 radical (unpaired) electrons. The van der Waals surface area contributed by atoms with Crippen LogP contribution in [0.3, 0.4) is 0 Å². The molecule has 0 saturated carbocycles. The van der Waals surface area contributed by atoms with E-state index >= 15 is 0 Å². The average Bonchev–Trinajstić information content (AvgIpc) is 2.61. The zero-order valence-electron chi connectivity index (χ0n) is 11.0. The van der Waals surface area contributed by atoms with Crippen LogP contribution in [0.25, 0.3) is 0 Å². The summed E-state index contributed by atoms with van der Waals surface area (Å²) in [5, 5.41) is 11.1. The molecule has 5 N–H and O–H groups in total. The maximum atomic E-state index is 11.8. The van der Waals surface area contributed by atoms with Gasteiger partial charge in [0.05, 0.1) is 0 Å². The van der Waals surface area contributed by atoms with Crippen LogP contribution < -0.4 is 16.8 Å². The summed E-state index contributed by atoms with van der Waals surface area (Å²) in [6.07, 6.45) is -1.33. The molecule has 1 aliphatic heterocycles. The molecule has 1 fully saturated rings. The van der Waals surface area contributed by atoms with Gasteiger partial charge in [0.2, 0.25) is 0 Å². The van der Waals surface area contributed by atoms with Gasteiger partial charge in [-0.3, -0.25) is 0 Å². The Bertz CT molecular complexity index is 617. The van der Waals surface area contributed by atoms with E-state index in [-0.39, 0.29) is 0 Å². The Morgan fingerprint density at radius 3 is 2.86 bits per heavy atom. The second-order valence-electron chi connectivity index (χ2n) is 4.78. The Kier molecular flexibility index (Phi) is 5.02. The average molecular weight is 384 g/mol. The summed E-state index contributed by atoms with van der Waals surface area (Å²) < 4.78 is 11.9. The third kappa shape index (κ3) is 3.28. The van der Waals surface area contributed by atoms with Gasteiger partial charge in [-0.05, 0) is 0 Å². The fourth-order valence-electron chi connectivity index (χ4n) is 2.28. The molecule has 1 aliphatic rings. The standard InChI is InChI=1S/C10H16N3O6PSe/c1-10(16)7(19-20(11)17)5(4-21)18-8(10)13-3-2-6(14)12-9(13)15/h2-3,5,7-8,16-17,21H,4,11H2,1H3,(H,12,14,15)/t5-,7-,8-,10-,20?/m1/s1. The summed E-state index contributed by atoms with van der Waals surface area (Å²) in [4.78, 5) is 34.3. The van der Waals surface area contributed by atoms with E-state index in [9.17, 15) is 19.6 Å². The third-order valence-electron chi connectivity index (χ3n) is 3.22. The zero-order valence-corrected chi connectivity index (χ0v) is 13.8. The van der Waals surface area contributed by atoms with E-state index in [4.69, 9.17) is 14.8 Å². The molecule has 21 heavy (non-hydrogen) atoms. The Morgan fingerprint density at radius 1 is 1.67 bits per heavy atom. The van der Waals surface area contributed by atoms with Crippen LogP contribution in [-0.4, -0.2) is 53.4 Å². The summed E-state index contributed by atoms with van der Waals surface area (Å²) in [6, 6.07) is 1.15. The number of aromatic amines is 1. The Balaban J connectivity index is 2.41. The second kappa shape index (κ2) is 6.27. The van der Waals surface area contributed by atoms with Crippen molar-refractivity contribution in [3.8, 4) is 0 Å². The Hall–Kier alpha value is -0.571. The molecule has 1 aromatic rings. The van der Waals surface area contributed by atoms with E-state index in [0.717, 1.165) is 10.6 Å². The Morgan fingerprint density at radius 2 is 2.33 bits per heavy atom. The zero-order chi connectivity index (χ0) is 15.8. The molecule has 0 bridgehead atoms. The van der Waals surface area contributed by atoms with Crippen LogP contribution in [-0.2, 0) is 9.26 Å². The molecule has 0 amide bonds. The molecule has 11 heteroatoms. The second-order valence-corrected chi connectivity index (χ2v) is 6.36. The van der Waals surface area contributed by atoms with Gasteiger partial charge in [0, 0.05) is 0 Å². The first kappa shape index (κ1) is 16.8. The summed E-state index contributed by atoms with van der Waals surface area (Å²) in [7, 11) is -2.20. The molecular formula is C10H16N3O6PSe. The number of ether oxygens (including phenoxy) is 1. The van der Waals surface area contributed by atoms with E-state index in [1.54, 1.807) is 0 Å². The van der Waals surface area contributed by atoms with Gasteiger partial charge in [-0.1, -0.05) is 0 Å². The Labute approximate surface area is 128 Å². The first-order valence-corrected chi connectivity index (χ1v) is 8.59. The number of rotatable bonds is 4. The van der Waals surface area contributed by atoms with E-state index in [1.807, 2.05) is 0 Å². The number of hydrogen-bond donors (Lipinski definition) is 4. The van der Waals surface area contributed by atoms with Crippen LogP contribution in [0.2, 0.25) is 5.32 Å². The van der Waals surface area contributed by atoms with Gasteiger partial charge in [-0.25, -0.2) is 0 Å². The predicted molar refractivity (Wildman–Crippen MR) is 76.0 cm³/mol. The van der Waals surface area contributed by atoms with Crippen molar-refractivity contribution in [2.75, 3.05) is 0 Å².